The van der Waals surface area contributed by atoms with Gasteiger partial charge in [-0.15, -0.1) is 0 Å². The summed E-state index contributed by atoms with van der Waals surface area (Å²) in [5.74, 6) is 14.6. The molecule has 2 aliphatic heterocycles. The van der Waals surface area contributed by atoms with Crippen LogP contribution in [0.25, 0.3) is 0 Å². The van der Waals surface area contributed by atoms with Crippen molar-refractivity contribution < 1.29 is 23.9 Å². The molecule has 4 amide bonds. The fourth-order valence-electron chi connectivity index (χ4n) is 8.43. The van der Waals surface area contributed by atoms with E-state index < -0.39 is 6.09 Å². The number of benzene rings is 1. The Hall–Kier alpha value is -5.56. The number of likely N-dealkylation sites (tertiary alicyclic amines) is 2. The molecule has 0 radical (unpaired) electrons. The Balaban J connectivity index is 1.10. The van der Waals surface area contributed by atoms with E-state index in [1.807, 2.05) is 0 Å². The Morgan fingerprint density at radius 2 is 1.45 bits per heavy atom. The van der Waals surface area contributed by atoms with Crippen molar-refractivity contribution in [1.82, 2.24) is 40.4 Å². The summed E-state index contributed by atoms with van der Waals surface area (Å²) in [6.45, 7) is 1.08. The van der Waals surface area contributed by atoms with Crippen LogP contribution in [-0.4, -0.2) is 87.3 Å². The number of imidazole rings is 2. The molecule has 2 aliphatic carbocycles. The molecule has 3 fully saturated rings. The monoisotopic (exact) mass is 690 g/mol. The summed E-state index contributed by atoms with van der Waals surface area (Å²) < 4.78 is 4.58. The zero-order chi connectivity index (χ0) is 35.4. The summed E-state index contributed by atoms with van der Waals surface area (Å²) in [5.41, 5.74) is 6.14. The number of carbonyl (C=O) groups excluding carboxylic acids is 4. The van der Waals surface area contributed by atoms with Gasteiger partial charge in [-0.2, -0.15) is 0 Å². The van der Waals surface area contributed by atoms with Crippen molar-refractivity contribution in [2.75, 3.05) is 33.3 Å². The number of ether oxygens (including phenoxy) is 1. The van der Waals surface area contributed by atoms with E-state index in [0.717, 1.165) is 62.5 Å². The number of fused-ring (bicyclic) bond motifs is 2. The van der Waals surface area contributed by atoms with E-state index in [9.17, 15) is 19.2 Å². The molecule has 3 aromatic rings. The summed E-state index contributed by atoms with van der Waals surface area (Å²) in [5, 5.41) is 4.93. The van der Waals surface area contributed by atoms with Crippen molar-refractivity contribution >= 4 is 24.3 Å². The van der Waals surface area contributed by atoms with Gasteiger partial charge in [-0.1, -0.05) is 24.7 Å². The first-order valence-electron chi connectivity index (χ1n) is 17.8. The second-order valence-corrected chi connectivity index (χ2v) is 13.7. The molecule has 1 spiro atoms. The molecule has 13 heteroatoms. The third-order valence-corrected chi connectivity index (χ3v) is 10.8. The number of methoxy groups -OCH3 is 1. The lowest BCUT2D eigenvalue weighted by Crippen LogP contribution is -2.40. The molecule has 2 saturated heterocycles. The van der Waals surface area contributed by atoms with Crippen LogP contribution in [0.1, 0.15) is 115 Å². The van der Waals surface area contributed by atoms with Gasteiger partial charge >= 0.3 is 6.09 Å². The van der Waals surface area contributed by atoms with Crippen LogP contribution in [-0.2, 0) is 31.0 Å². The molecule has 51 heavy (non-hydrogen) atoms. The predicted molar refractivity (Wildman–Crippen MR) is 186 cm³/mol. The van der Waals surface area contributed by atoms with Gasteiger partial charge in [0.05, 0.1) is 38.1 Å². The topological polar surface area (TPSA) is 165 Å². The van der Waals surface area contributed by atoms with Crippen molar-refractivity contribution in [2.24, 2.45) is 0 Å². The highest BCUT2D eigenvalue weighted by atomic mass is 16.5. The van der Waals surface area contributed by atoms with E-state index in [-0.39, 0.29) is 42.4 Å². The Morgan fingerprint density at radius 1 is 0.863 bits per heavy atom. The molecule has 13 nitrogen and oxygen atoms in total. The van der Waals surface area contributed by atoms with E-state index in [2.05, 4.69) is 71.1 Å². The van der Waals surface area contributed by atoms with Crippen LogP contribution < -0.4 is 10.6 Å². The van der Waals surface area contributed by atoms with Crippen LogP contribution in [0.4, 0.5) is 4.79 Å². The number of nitrogens with one attached hydrogen (secondary N) is 4. The number of nitrogens with zero attached hydrogens (tertiary/aromatic N) is 4. The SMILES string of the molecule is COC(=O)NCC(=O)N1CCCC1c1ncc(C#Cc2ccc(C#Cc3cnc(C4CCCN4C(=O)CNC=O)[nH]3)c3c2CCC32CCCC2)[nH]1. The lowest BCUT2D eigenvalue weighted by Gasteiger charge is -2.25. The summed E-state index contributed by atoms with van der Waals surface area (Å²) in [6, 6.07) is 3.80. The highest BCUT2D eigenvalue weighted by Gasteiger charge is 2.43. The summed E-state index contributed by atoms with van der Waals surface area (Å²) >= 11 is 0. The normalized spacial score (nSPS) is 19.9. The minimum absolute atomic E-state index is 0.0239. The maximum absolute atomic E-state index is 12.8. The van der Waals surface area contributed by atoms with Crippen molar-refractivity contribution in [2.45, 2.75) is 81.7 Å². The van der Waals surface area contributed by atoms with Gasteiger partial charge in [-0.3, -0.25) is 14.4 Å². The number of H-pyrrole nitrogens is 2. The summed E-state index contributed by atoms with van der Waals surface area (Å²) in [6.07, 6.45) is 13.4. The lowest BCUT2D eigenvalue weighted by molar-refractivity contribution is -0.132. The van der Waals surface area contributed by atoms with E-state index in [0.29, 0.717) is 42.5 Å². The second-order valence-electron chi connectivity index (χ2n) is 13.7. The number of aromatic amines is 2. The van der Waals surface area contributed by atoms with Crippen LogP contribution in [0.3, 0.4) is 0 Å². The Morgan fingerprint density at radius 3 is 2.06 bits per heavy atom. The number of hydrogen-bond donors (Lipinski definition) is 4. The van der Waals surface area contributed by atoms with Gasteiger partial charge in [0.2, 0.25) is 18.2 Å². The Labute approximate surface area is 296 Å². The molecule has 2 atom stereocenters. The van der Waals surface area contributed by atoms with Crippen molar-refractivity contribution in [1.29, 1.82) is 0 Å². The molecule has 1 aromatic carbocycles. The van der Waals surface area contributed by atoms with Crippen LogP contribution in [0.15, 0.2) is 24.5 Å². The summed E-state index contributed by atoms with van der Waals surface area (Å²) in [7, 11) is 1.27. The zero-order valence-corrected chi connectivity index (χ0v) is 28.8. The van der Waals surface area contributed by atoms with Crippen LogP contribution in [0.5, 0.6) is 0 Å². The molecular formula is C38H42N8O5. The average Bonchev–Trinajstić information content (AvgIpc) is 4.00. The Bertz CT molecular complexity index is 1950. The Kier molecular flexibility index (Phi) is 9.80. The predicted octanol–water partition coefficient (Wildman–Crippen LogP) is 3.12. The first-order chi connectivity index (χ1) is 24.9. The second kappa shape index (κ2) is 14.7. The molecular weight excluding hydrogens is 648 g/mol. The van der Waals surface area contributed by atoms with Gasteiger partial charge in [-0.05, 0) is 91.9 Å². The maximum Gasteiger partial charge on any atom is 0.407 e. The van der Waals surface area contributed by atoms with Gasteiger partial charge in [-0.25, -0.2) is 14.8 Å². The zero-order valence-electron chi connectivity index (χ0n) is 28.8. The van der Waals surface area contributed by atoms with Crippen LogP contribution in [0, 0.1) is 23.7 Å². The number of aromatic nitrogens is 4. The minimum Gasteiger partial charge on any atom is -0.453 e. The maximum atomic E-state index is 12.8. The van der Waals surface area contributed by atoms with Crippen molar-refractivity contribution in [3.05, 3.63) is 69.8 Å². The first-order valence-corrected chi connectivity index (χ1v) is 17.8. The van der Waals surface area contributed by atoms with E-state index in [4.69, 9.17) is 0 Å². The molecule has 7 rings (SSSR count). The largest absolute Gasteiger partial charge is 0.453 e. The van der Waals surface area contributed by atoms with Gasteiger partial charge < -0.3 is 35.1 Å². The van der Waals surface area contributed by atoms with Gasteiger partial charge in [0.1, 0.15) is 29.6 Å². The van der Waals surface area contributed by atoms with Gasteiger partial charge in [0.15, 0.2) is 0 Å². The molecule has 1 saturated carbocycles. The number of amides is 4. The third-order valence-electron chi connectivity index (χ3n) is 10.8. The number of carbonyl (C=O) groups is 4. The fourth-order valence-corrected chi connectivity index (χ4v) is 8.43. The highest BCUT2D eigenvalue weighted by molar-refractivity contribution is 5.83. The molecule has 4 heterocycles. The molecule has 0 bridgehead atoms. The van der Waals surface area contributed by atoms with Gasteiger partial charge in [0, 0.05) is 24.2 Å². The molecule has 4 N–H and O–H groups in total. The first kappa shape index (κ1) is 33.9. The number of hydrogen-bond acceptors (Lipinski definition) is 7. The molecule has 2 aromatic heterocycles. The van der Waals surface area contributed by atoms with Crippen molar-refractivity contribution in [3.63, 3.8) is 0 Å². The van der Waals surface area contributed by atoms with E-state index >= 15 is 0 Å². The highest BCUT2D eigenvalue weighted by Crippen LogP contribution is 2.52. The lowest BCUT2D eigenvalue weighted by atomic mass is 9.77. The smallest absolute Gasteiger partial charge is 0.407 e. The number of rotatable bonds is 7. The average molecular weight is 691 g/mol. The third kappa shape index (κ3) is 6.93. The fraction of sp³-hybridized carbons (Fsp3) is 0.474. The van der Waals surface area contributed by atoms with Crippen LogP contribution in [0.2, 0.25) is 0 Å². The van der Waals surface area contributed by atoms with Gasteiger partial charge in [0.25, 0.3) is 0 Å². The quantitative estimate of drug-likeness (QED) is 0.219. The van der Waals surface area contributed by atoms with Crippen molar-refractivity contribution in [3.8, 4) is 23.7 Å². The van der Waals surface area contributed by atoms with E-state index in [1.54, 1.807) is 22.2 Å². The minimum atomic E-state index is -0.639. The standard InChI is InChI=1S/C38H42N8O5/c1-51-37(50)42-23-33(49)46-19-5-7-31(46)36-40-20-27(43-36)12-10-25-8-9-26(34-29(25)14-17-38(34)15-2-3-16-38)11-13-28-21-41-35(44-28)30-6-4-18-45(30)32(48)22-39-24-47/h8-9,20-21,24,30-31H,2-7,14-19,22-23H2,1H3,(H,39,47)(H,40,43)(H,41,44)(H,42,50). The van der Waals surface area contributed by atoms with Crippen LogP contribution >= 0.6 is 0 Å². The molecule has 4 aliphatic rings. The summed E-state index contributed by atoms with van der Waals surface area (Å²) in [4.78, 5) is 66.9. The molecule has 2 unspecified atom stereocenters. The molecule has 264 valence electrons. The number of alkyl carbamates (subject to hydrolysis) is 1. The van der Waals surface area contributed by atoms with E-state index in [1.165, 1.54) is 31.1 Å².